The number of cyclic esters (lactones) is 1. The summed E-state index contributed by atoms with van der Waals surface area (Å²) in [7, 11) is 1.42. The highest BCUT2D eigenvalue weighted by molar-refractivity contribution is 6.10. The molecular formula is C30H49N3O7. The fraction of sp³-hybridized carbons (Fsp3) is 0.700. The second kappa shape index (κ2) is 18.4. The number of ether oxygens (including phenoxy) is 1. The smallest absolute Gasteiger partial charge is 0.325 e. The van der Waals surface area contributed by atoms with Gasteiger partial charge < -0.3 is 25.4 Å². The molecule has 10 heteroatoms. The summed E-state index contributed by atoms with van der Waals surface area (Å²) in [4.78, 5) is 64.2. The predicted octanol–water partition coefficient (Wildman–Crippen LogP) is 3.33. The van der Waals surface area contributed by atoms with Crippen LogP contribution in [0.4, 0.5) is 0 Å². The molecule has 0 aromatic rings. The quantitative estimate of drug-likeness (QED) is 0.188. The molecule has 0 aliphatic carbocycles. The molecule has 3 N–H and O–H groups in total. The number of aliphatic hydroxyl groups is 1. The Kier molecular flexibility index (Phi) is 16.1. The van der Waals surface area contributed by atoms with Gasteiger partial charge in [0.05, 0.1) is 12.5 Å². The first-order chi connectivity index (χ1) is 18.9. The highest BCUT2D eigenvalue weighted by Crippen LogP contribution is 2.23. The molecule has 0 fully saturated rings. The van der Waals surface area contributed by atoms with Crippen molar-refractivity contribution in [3.05, 3.63) is 24.4 Å². The molecule has 40 heavy (non-hydrogen) atoms. The lowest BCUT2D eigenvalue weighted by Gasteiger charge is -2.29. The van der Waals surface area contributed by atoms with Gasteiger partial charge in [-0.1, -0.05) is 84.6 Å². The topological polar surface area (TPSA) is 142 Å². The van der Waals surface area contributed by atoms with Crippen LogP contribution in [0.3, 0.4) is 0 Å². The van der Waals surface area contributed by atoms with Crippen molar-refractivity contribution in [2.45, 2.75) is 110 Å². The van der Waals surface area contributed by atoms with E-state index in [0.29, 0.717) is 12.8 Å². The van der Waals surface area contributed by atoms with E-state index >= 15 is 0 Å². The summed E-state index contributed by atoms with van der Waals surface area (Å²) >= 11 is 0. The van der Waals surface area contributed by atoms with Crippen LogP contribution in [0.15, 0.2) is 24.4 Å². The largest absolute Gasteiger partial charge is 0.460 e. The molecule has 1 aliphatic rings. The number of nitrogens with one attached hydrogen (secondary N) is 2. The van der Waals surface area contributed by atoms with Gasteiger partial charge >= 0.3 is 5.97 Å². The number of rotatable bonds is 12. The number of allylic oxidation sites excluding steroid dienone is 1. The number of carbonyl (C=O) groups is 5. The first-order valence-electron chi connectivity index (χ1n) is 14.6. The van der Waals surface area contributed by atoms with E-state index in [4.69, 9.17) is 4.74 Å². The highest BCUT2D eigenvalue weighted by atomic mass is 16.5. The molecule has 0 spiro atoms. The zero-order valence-corrected chi connectivity index (χ0v) is 24.8. The number of esters is 1. The van der Waals surface area contributed by atoms with E-state index in [9.17, 15) is 29.1 Å². The molecule has 1 rings (SSSR count). The van der Waals surface area contributed by atoms with Gasteiger partial charge in [0, 0.05) is 18.8 Å². The van der Waals surface area contributed by atoms with E-state index in [-0.39, 0.29) is 12.2 Å². The first-order valence-corrected chi connectivity index (χ1v) is 14.6. The standard InChI is InChI=1S/C30H49N3O7/c1-6-7-8-9-10-11-12-13-14-15-16-17-24-23(3)28(37)30(4,39)29(38)31-20-25(34)32-22(2)18-19-26(35)33(5)21-27(36)40-24/h18-19,23-24,39H,2,6-17,20-21H2,1,3-5H3,(H,31,38)(H,32,34)/b19-18+/t23-,24-,30-/m0/s1. The van der Waals surface area contributed by atoms with Crippen molar-refractivity contribution in [1.82, 2.24) is 15.5 Å². The molecule has 226 valence electrons. The van der Waals surface area contributed by atoms with Crippen LogP contribution in [0.2, 0.25) is 0 Å². The Morgan fingerprint density at radius 1 is 0.975 bits per heavy atom. The highest BCUT2D eigenvalue weighted by Gasteiger charge is 2.44. The van der Waals surface area contributed by atoms with Crippen molar-refractivity contribution in [3.8, 4) is 0 Å². The molecule has 0 radical (unpaired) electrons. The molecular weight excluding hydrogens is 514 g/mol. The van der Waals surface area contributed by atoms with E-state index < -0.39 is 53.6 Å². The molecule has 0 unspecified atom stereocenters. The van der Waals surface area contributed by atoms with Crippen LogP contribution in [0.1, 0.15) is 97.8 Å². The minimum absolute atomic E-state index is 0.0800. The van der Waals surface area contributed by atoms with Crippen molar-refractivity contribution in [3.63, 3.8) is 0 Å². The van der Waals surface area contributed by atoms with Crippen molar-refractivity contribution in [1.29, 1.82) is 0 Å². The van der Waals surface area contributed by atoms with Gasteiger partial charge in [-0.3, -0.25) is 24.0 Å². The van der Waals surface area contributed by atoms with Crippen molar-refractivity contribution >= 4 is 29.5 Å². The average molecular weight is 564 g/mol. The lowest BCUT2D eigenvalue weighted by atomic mass is 9.85. The normalized spacial score (nSPS) is 24.8. The van der Waals surface area contributed by atoms with Crippen LogP contribution in [0.25, 0.3) is 0 Å². The van der Waals surface area contributed by atoms with E-state index in [0.717, 1.165) is 37.2 Å². The van der Waals surface area contributed by atoms with Gasteiger partial charge in [-0.25, -0.2) is 0 Å². The van der Waals surface area contributed by atoms with Gasteiger partial charge in [-0.15, -0.1) is 0 Å². The van der Waals surface area contributed by atoms with Gasteiger partial charge in [0.2, 0.25) is 11.8 Å². The number of unbranched alkanes of at least 4 members (excludes halogenated alkanes) is 10. The van der Waals surface area contributed by atoms with Crippen LogP contribution in [0.5, 0.6) is 0 Å². The Bertz CT molecular complexity index is 913. The van der Waals surface area contributed by atoms with E-state index in [2.05, 4.69) is 24.1 Å². The number of carbonyl (C=O) groups excluding carboxylic acids is 5. The Morgan fingerprint density at radius 3 is 2.10 bits per heavy atom. The summed E-state index contributed by atoms with van der Waals surface area (Å²) in [5.74, 6) is -4.75. The van der Waals surface area contributed by atoms with Gasteiger partial charge in [-0.2, -0.15) is 0 Å². The number of ketones is 1. The fourth-order valence-corrected chi connectivity index (χ4v) is 4.52. The van der Waals surface area contributed by atoms with Crippen LogP contribution < -0.4 is 10.6 Å². The van der Waals surface area contributed by atoms with E-state index in [1.165, 1.54) is 65.0 Å². The Morgan fingerprint density at radius 2 is 1.52 bits per heavy atom. The maximum absolute atomic E-state index is 13.2. The Balaban J connectivity index is 2.86. The fourth-order valence-electron chi connectivity index (χ4n) is 4.52. The maximum atomic E-state index is 13.2. The van der Waals surface area contributed by atoms with E-state index in [1.54, 1.807) is 0 Å². The van der Waals surface area contributed by atoms with Crippen LogP contribution in [0, 0.1) is 5.92 Å². The lowest BCUT2D eigenvalue weighted by molar-refractivity contribution is -0.162. The molecule has 0 aromatic carbocycles. The van der Waals surface area contributed by atoms with Gasteiger partial charge in [0.15, 0.2) is 11.4 Å². The van der Waals surface area contributed by atoms with Crippen molar-refractivity contribution < 1.29 is 33.8 Å². The van der Waals surface area contributed by atoms with Crippen molar-refractivity contribution in [2.24, 2.45) is 5.92 Å². The maximum Gasteiger partial charge on any atom is 0.325 e. The minimum Gasteiger partial charge on any atom is -0.460 e. The number of likely N-dealkylation sites (N-methyl/N-ethyl adjacent to an activating group) is 1. The Labute approximate surface area is 239 Å². The lowest BCUT2D eigenvalue weighted by Crippen LogP contribution is -2.55. The van der Waals surface area contributed by atoms with Crippen LogP contribution in [-0.4, -0.2) is 71.3 Å². The summed E-state index contributed by atoms with van der Waals surface area (Å²) < 4.78 is 5.63. The Hall–Kier alpha value is -3.01. The minimum atomic E-state index is -2.45. The van der Waals surface area contributed by atoms with Crippen LogP contribution >= 0.6 is 0 Å². The number of hydrogen-bond donors (Lipinski definition) is 3. The van der Waals surface area contributed by atoms with Gasteiger partial charge in [0.1, 0.15) is 12.6 Å². The second-order valence-electron chi connectivity index (χ2n) is 10.9. The molecule has 0 aromatic heterocycles. The SMILES string of the molecule is C=C1/C=C/C(=O)N(C)CC(=O)O[C@@H](CCCCCCCCCCCCC)[C@H](C)C(=O)[C@](C)(O)C(=O)NCC(=O)N1. The molecule has 3 atom stereocenters. The molecule has 0 saturated heterocycles. The van der Waals surface area contributed by atoms with Crippen molar-refractivity contribution in [2.75, 3.05) is 20.1 Å². The predicted molar refractivity (Wildman–Crippen MR) is 153 cm³/mol. The first kappa shape index (κ1) is 35.0. The summed E-state index contributed by atoms with van der Waals surface area (Å²) in [6, 6.07) is 0. The molecule has 0 saturated carbocycles. The summed E-state index contributed by atoms with van der Waals surface area (Å²) in [5, 5.41) is 15.4. The number of amides is 3. The average Bonchev–Trinajstić information content (AvgIpc) is 2.91. The molecule has 0 bridgehead atoms. The molecule has 1 aliphatic heterocycles. The number of Topliss-reactive ketones (excluding diaryl/α,β-unsaturated/α-hetero) is 1. The second-order valence-corrected chi connectivity index (χ2v) is 10.9. The van der Waals surface area contributed by atoms with Gasteiger partial charge in [0.25, 0.3) is 5.91 Å². The third kappa shape index (κ3) is 12.9. The molecule has 3 amide bonds. The third-order valence-electron chi connectivity index (χ3n) is 7.15. The molecule has 1 heterocycles. The summed E-state index contributed by atoms with van der Waals surface area (Å²) in [5.41, 5.74) is -2.37. The third-order valence-corrected chi connectivity index (χ3v) is 7.15. The zero-order chi connectivity index (χ0) is 30.1. The van der Waals surface area contributed by atoms with E-state index in [1.807, 2.05) is 0 Å². The number of nitrogens with zero attached hydrogens (tertiary/aromatic N) is 1. The number of hydrogen-bond acceptors (Lipinski definition) is 7. The van der Waals surface area contributed by atoms with Crippen LogP contribution in [-0.2, 0) is 28.7 Å². The van der Waals surface area contributed by atoms with Gasteiger partial charge in [-0.05, 0) is 25.8 Å². The molecule has 10 nitrogen and oxygen atoms in total. The summed E-state index contributed by atoms with van der Waals surface area (Å²) in [6.45, 7) is 7.49. The summed E-state index contributed by atoms with van der Waals surface area (Å²) in [6.07, 6.45) is 14.4. The zero-order valence-electron chi connectivity index (χ0n) is 24.8. The monoisotopic (exact) mass is 563 g/mol.